The van der Waals surface area contributed by atoms with E-state index < -0.39 is 0 Å². The molecule has 2 N–H and O–H groups in total. The topological polar surface area (TPSA) is 53.6 Å². The summed E-state index contributed by atoms with van der Waals surface area (Å²) >= 11 is 0. The predicted molar refractivity (Wildman–Crippen MR) is 109 cm³/mol. The molecular weight excluding hydrogens is 373 g/mol. The molecule has 1 aromatic rings. The molecule has 2 aliphatic rings. The molecule has 0 aliphatic carbocycles. The molecule has 0 saturated carbocycles. The Morgan fingerprint density at radius 2 is 1.88 bits per heavy atom. The van der Waals surface area contributed by atoms with Crippen molar-refractivity contribution in [3.8, 4) is 0 Å². The van der Waals surface area contributed by atoms with E-state index in [2.05, 4.69) is 39.8 Å². The fourth-order valence-corrected chi connectivity index (χ4v) is 3.43. The van der Waals surface area contributed by atoms with Crippen LogP contribution in [-0.2, 0) is 22.6 Å². The number of nitrogens with one attached hydrogen (secondary N) is 2. The van der Waals surface area contributed by atoms with E-state index in [0.717, 1.165) is 18.7 Å². The molecule has 26 heavy (non-hydrogen) atoms. The molecule has 7 heteroatoms. The molecular formula is C19H31Cl2N3O2. The minimum absolute atomic E-state index is 0. The van der Waals surface area contributed by atoms with Crippen LogP contribution in [0.4, 0.5) is 0 Å². The van der Waals surface area contributed by atoms with Crippen molar-refractivity contribution >= 4 is 30.7 Å². The number of halogens is 2. The van der Waals surface area contributed by atoms with Crippen LogP contribution in [-0.4, -0.2) is 49.7 Å². The Balaban J connectivity index is 0.00000169. The number of morpholine rings is 1. The highest BCUT2D eigenvalue weighted by atomic mass is 35.5. The van der Waals surface area contributed by atoms with Gasteiger partial charge in [-0.1, -0.05) is 37.1 Å². The van der Waals surface area contributed by atoms with E-state index in [9.17, 15) is 4.79 Å². The molecule has 3 rings (SSSR count). The first-order valence-electron chi connectivity index (χ1n) is 9.21. The number of carbonyl (C=O) groups is 1. The average Bonchev–Trinajstić information content (AvgIpc) is 2.89. The zero-order valence-corrected chi connectivity index (χ0v) is 16.9. The maximum absolute atomic E-state index is 12.1. The highest BCUT2D eigenvalue weighted by Crippen LogP contribution is 2.14. The first-order chi connectivity index (χ1) is 11.8. The number of rotatable bonds is 5. The van der Waals surface area contributed by atoms with Crippen LogP contribution in [0.5, 0.6) is 0 Å². The van der Waals surface area contributed by atoms with Crippen molar-refractivity contribution in [3.05, 3.63) is 35.4 Å². The van der Waals surface area contributed by atoms with Crippen molar-refractivity contribution in [1.29, 1.82) is 0 Å². The van der Waals surface area contributed by atoms with Crippen LogP contribution in [0.2, 0.25) is 0 Å². The van der Waals surface area contributed by atoms with Gasteiger partial charge in [-0.15, -0.1) is 24.8 Å². The summed E-state index contributed by atoms with van der Waals surface area (Å²) in [6.45, 7) is 6.00. The predicted octanol–water partition coefficient (Wildman–Crippen LogP) is 2.51. The van der Waals surface area contributed by atoms with Gasteiger partial charge in [0.25, 0.3) is 5.91 Å². The number of amides is 1. The van der Waals surface area contributed by atoms with Crippen LogP contribution in [0.15, 0.2) is 24.3 Å². The van der Waals surface area contributed by atoms with E-state index in [4.69, 9.17) is 4.74 Å². The molecule has 0 spiro atoms. The lowest BCUT2D eigenvalue weighted by atomic mass is 10.1. The molecule has 2 heterocycles. The number of hydrogen-bond donors (Lipinski definition) is 2. The second-order valence-corrected chi connectivity index (χ2v) is 6.79. The van der Waals surface area contributed by atoms with Crippen LogP contribution in [0.3, 0.4) is 0 Å². The molecule has 1 atom stereocenters. The number of benzene rings is 1. The lowest BCUT2D eigenvalue weighted by Crippen LogP contribution is -2.47. The maximum Gasteiger partial charge on any atom is 0.250 e. The summed E-state index contributed by atoms with van der Waals surface area (Å²) < 4.78 is 5.48. The first kappa shape index (κ1) is 23.2. The zero-order chi connectivity index (χ0) is 16.6. The quantitative estimate of drug-likeness (QED) is 0.792. The van der Waals surface area contributed by atoms with Gasteiger partial charge in [-0.2, -0.15) is 0 Å². The molecule has 1 aromatic carbocycles. The molecule has 2 saturated heterocycles. The van der Waals surface area contributed by atoms with Gasteiger partial charge in [-0.25, -0.2) is 0 Å². The van der Waals surface area contributed by atoms with E-state index in [0.29, 0.717) is 19.7 Å². The second-order valence-electron chi connectivity index (χ2n) is 6.79. The van der Waals surface area contributed by atoms with Gasteiger partial charge in [0.2, 0.25) is 0 Å². The van der Waals surface area contributed by atoms with E-state index in [1.54, 1.807) is 0 Å². The Morgan fingerprint density at radius 1 is 1.15 bits per heavy atom. The van der Waals surface area contributed by atoms with E-state index in [1.807, 2.05) is 0 Å². The van der Waals surface area contributed by atoms with Gasteiger partial charge in [0.1, 0.15) is 6.10 Å². The third kappa shape index (κ3) is 7.41. The minimum atomic E-state index is -0.362. The van der Waals surface area contributed by atoms with Gasteiger partial charge >= 0.3 is 0 Å². The lowest BCUT2D eigenvalue weighted by molar-refractivity contribution is -0.134. The molecule has 0 radical (unpaired) electrons. The number of ether oxygens (including phenoxy) is 1. The lowest BCUT2D eigenvalue weighted by Gasteiger charge is -2.23. The average molecular weight is 404 g/mol. The molecule has 5 nitrogen and oxygen atoms in total. The summed E-state index contributed by atoms with van der Waals surface area (Å²) in [4.78, 5) is 14.7. The minimum Gasteiger partial charge on any atom is -0.366 e. The second kappa shape index (κ2) is 12.5. The Morgan fingerprint density at radius 3 is 2.58 bits per heavy atom. The van der Waals surface area contributed by atoms with Gasteiger partial charge in [0.05, 0.1) is 6.61 Å². The summed E-state index contributed by atoms with van der Waals surface area (Å²) in [6, 6.07) is 8.56. The van der Waals surface area contributed by atoms with E-state index >= 15 is 0 Å². The third-order valence-electron chi connectivity index (χ3n) is 4.78. The van der Waals surface area contributed by atoms with Crippen LogP contribution >= 0.6 is 24.8 Å². The van der Waals surface area contributed by atoms with E-state index in [-0.39, 0.29) is 36.8 Å². The SMILES string of the molecule is Cl.Cl.O=C(NCc1cccc(CN2CCCCCC2)c1)C1CNCCO1. The number of nitrogens with zero attached hydrogens (tertiary/aromatic N) is 1. The van der Waals surface area contributed by atoms with Crippen LogP contribution in [0, 0.1) is 0 Å². The molecule has 1 amide bonds. The summed E-state index contributed by atoms with van der Waals surface area (Å²) in [5.41, 5.74) is 2.48. The van der Waals surface area contributed by atoms with Gasteiger partial charge in [0, 0.05) is 26.2 Å². The molecule has 148 valence electrons. The largest absolute Gasteiger partial charge is 0.366 e. The Kier molecular flexibility index (Phi) is 11.2. The fraction of sp³-hybridized carbons (Fsp3) is 0.632. The summed E-state index contributed by atoms with van der Waals surface area (Å²) in [5, 5.41) is 6.17. The maximum atomic E-state index is 12.1. The van der Waals surface area contributed by atoms with Crippen molar-refractivity contribution in [3.63, 3.8) is 0 Å². The van der Waals surface area contributed by atoms with Crippen molar-refractivity contribution in [2.24, 2.45) is 0 Å². The molecule has 2 aliphatic heterocycles. The van der Waals surface area contributed by atoms with Crippen molar-refractivity contribution < 1.29 is 9.53 Å². The summed E-state index contributed by atoms with van der Waals surface area (Å²) in [5.74, 6) is -0.0277. The molecule has 0 aromatic heterocycles. The Bertz CT molecular complexity index is 531. The molecule has 0 bridgehead atoms. The molecule has 2 fully saturated rings. The number of carbonyl (C=O) groups excluding carboxylic acids is 1. The fourth-order valence-electron chi connectivity index (χ4n) is 3.43. The molecule has 1 unspecified atom stereocenters. The number of likely N-dealkylation sites (tertiary alicyclic amines) is 1. The Hall–Kier alpha value is -0.850. The standard InChI is InChI=1S/C19H29N3O2.2ClH/c23-19(18-14-20-8-11-24-18)21-13-16-6-5-7-17(12-16)15-22-9-3-1-2-4-10-22;;/h5-7,12,18,20H,1-4,8-11,13-15H2,(H,21,23);2*1H. The smallest absolute Gasteiger partial charge is 0.250 e. The van der Waals surface area contributed by atoms with Gasteiger partial charge in [0.15, 0.2) is 0 Å². The summed E-state index contributed by atoms with van der Waals surface area (Å²) in [7, 11) is 0. The zero-order valence-electron chi connectivity index (χ0n) is 15.2. The number of hydrogen-bond acceptors (Lipinski definition) is 4. The van der Waals surface area contributed by atoms with Crippen LogP contribution < -0.4 is 10.6 Å². The highest BCUT2D eigenvalue weighted by molar-refractivity contribution is 5.85. The summed E-state index contributed by atoms with van der Waals surface area (Å²) in [6.07, 6.45) is 4.98. The van der Waals surface area contributed by atoms with Crippen molar-refractivity contribution in [2.45, 2.75) is 44.9 Å². The van der Waals surface area contributed by atoms with Gasteiger partial charge in [-0.05, 0) is 37.1 Å². The van der Waals surface area contributed by atoms with Crippen molar-refractivity contribution in [1.82, 2.24) is 15.5 Å². The Labute approximate surface area is 169 Å². The third-order valence-corrected chi connectivity index (χ3v) is 4.78. The first-order valence-corrected chi connectivity index (χ1v) is 9.21. The monoisotopic (exact) mass is 403 g/mol. The highest BCUT2D eigenvalue weighted by Gasteiger charge is 2.21. The normalized spacial score (nSPS) is 21.0. The van der Waals surface area contributed by atoms with Gasteiger partial charge in [-0.3, -0.25) is 9.69 Å². The van der Waals surface area contributed by atoms with Gasteiger partial charge < -0.3 is 15.4 Å². The van der Waals surface area contributed by atoms with Crippen LogP contribution in [0.1, 0.15) is 36.8 Å². The van der Waals surface area contributed by atoms with E-state index in [1.165, 1.54) is 44.3 Å². The van der Waals surface area contributed by atoms with Crippen LogP contribution in [0.25, 0.3) is 0 Å². The van der Waals surface area contributed by atoms with Crippen molar-refractivity contribution in [2.75, 3.05) is 32.8 Å².